The van der Waals surface area contributed by atoms with Gasteiger partial charge < -0.3 is 0 Å². The minimum absolute atomic E-state index is 0.0150. The van der Waals surface area contributed by atoms with Crippen LogP contribution in [0.1, 0.15) is 43.0 Å². The van der Waals surface area contributed by atoms with Crippen molar-refractivity contribution in [3.8, 4) is 0 Å². The summed E-state index contributed by atoms with van der Waals surface area (Å²) in [5.74, 6) is -0.0901. The fraction of sp³-hybridized carbons (Fsp3) is 0.300. The quantitative estimate of drug-likeness (QED) is 0.702. The Hall–Kier alpha value is -2.38. The second-order valence-electron chi connectivity index (χ2n) is 6.83. The second kappa shape index (κ2) is 8.75. The third-order valence-electron chi connectivity index (χ3n) is 4.67. The molecule has 28 heavy (non-hydrogen) atoms. The highest BCUT2D eigenvalue weighted by Gasteiger charge is 2.18. The van der Waals surface area contributed by atoms with Crippen molar-refractivity contribution < 1.29 is 13.2 Å². The van der Waals surface area contributed by atoms with Gasteiger partial charge in [0.05, 0.1) is 10.6 Å². The molecule has 0 unspecified atom stereocenters. The Morgan fingerprint density at radius 1 is 1.14 bits per heavy atom. The van der Waals surface area contributed by atoms with E-state index < -0.39 is 15.9 Å². The fourth-order valence-electron chi connectivity index (χ4n) is 3.09. The summed E-state index contributed by atoms with van der Waals surface area (Å²) in [6, 6.07) is 12.2. The minimum Gasteiger partial charge on any atom is -0.280 e. The Morgan fingerprint density at radius 2 is 1.93 bits per heavy atom. The molecule has 148 valence electrons. The topological polar surface area (TPSA) is 87.6 Å². The average molecular weight is 420 g/mol. The molecule has 8 heteroatoms. The number of carbonyl (C=O) groups excluding carboxylic acids is 1. The molecule has 1 saturated carbocycles. The van der Waals surface area contributed by atoms with Crippen LogP contribution in [0.3, 0.4) is 0 Å². The van der Waals surface area contributed by atoms with Gasteiger partial charge in [0.2, 0.25) is 0 Å². The monoisotopic (exact) mass is 419 g/mol. The van der Waals surface area contributed by atoms with E-state index in [0.717, 1.165) is 25.0 Å². The summed E-state index contributed by atoms with van der Waals surface area (Å²) in [6.45, 7) is 2.10. The van der Waals surface area contributed by atoms with Crippen molar-refractivity contribution in [1.29, 1.82) is 0 Å². The highest BCUT2D eigenvalue weighted by atomic mass is 35.5. The molecule has 3 rings (SSSR count). The van der Waals surface area contributed by atoms with Crippen molar-refractivity contribution in [1.82, 2.24) is 5.43 Å². The van der Waals surface area contributed by atoms with Crippen LogP contribution in [0.25, 0.3) is 0 Å². The molecule has 0 aromatic heterocycles. The number of benzene rings is 2. The maximum Gasteiger partial charge on any atom is 0.271 e. The normalized spacial score (nSPS) is 18.6. The minimum atomic E-state index is -3.85. The summed E-state index contributed by atoms with van der Waals surface area (Å²) in [5.41, 5.74) is 4.10. The third-order valence-corrected chi connectivity index (χ3v) is 6.29. The van der Waals surface area contributed by atoms with Crippen LogP contribution in [0.2, 0.25) is 5.02 Å². The first-order chi connectivity index (χ1) is 13.3. The van der Waals surface area contributed by atoms with Crippen LogP contribution in [-0.4, -0.2) is 20.0 Å². The lowest BCUT2D eigenvalue weighted by atomic mass is 9.89. The van der Waals surface area contributed by atoms with Gasteiger partial charge in [0.15, 0.2) is 0 Å². The number of hydrazone groups is 1. The number of anilines is 1. The number of halogens is 1. The summed E-state index contributed by atoms with van der Waals surface area (Å²) >= 11 is 5.90. The lowest BCUT2D eigenvalue weighted by Crippen LogP contribution is -2.24. The molecule has 2 aromatic carbocycles. The SMILES string of the molecule is C[C@@H]1CCCC/C1=N/NC(=O)c1cccc(S(=O)(=O)Nc2cccc(Cl)c2)c1. The van der Waals surface area contributed by atoms with Gasteiger partial charge in [-0.2, -0.15) is 5.10 Å². The van der Waals surface area contributed by atoms with Gasteiger partial charge in [-0.1, -0.05) is 37.1 Å². The molecule has 2 N–H and O–H groups in total. The summed E-state index contributed by atoms with van der Waals surface area (Å²) in [6.07, 6.45) is 4.19. The molecule has 0 aliphatic heterocycles. The molecule has 0 heterocycles. The molecule has 1 aliphatic rings. The maximum atomic E-state index is 12.6. The molecule has 0 radical (unpaired) electrons. The van der Waals surface area contributed by atoms with Gasteiger partial charge in [0.25, 0.3) is 15.9 Å². The second-order valence-corrected chi connectivity index (χ2v) is 8.95. The first-order valence-electron chi connectivity index (χ1n) is 9.10. The first kappa shape index (κ1) is 20.4. The Kier molecular flexibility index (Phi) is 6.36. The van der Waals surface area contributed by atoms with Crippen molar-refractivity contribution in [2.24, 2.45) is 11.0 Å². The number of hydrogen-bond acceptors (Lipinski definition) is 4. The molecule has 1 amide bonds. The van der Waals surface area contributed by atoms with Gasteiger partial charge in [-0.3, -0.25) is 9.52 Å². The van der Waals surface area contributed by atoms with Gasteiger partial charge >= 0.3 is 0 Å². The Labute approximate surface area is 170 Å². The number of rotatable bonds is 5. The molecular weight excluding hydrogens is 398 g/mol. The van der Waals surface area contributed by atoms with Gasteiger partial charge in [0.1, 0.15) is 0 Å². The number of hydrogen-bond donors (Lipinski definition) is 2. The predicted molar refractivity (Wildman–Crippen MR) is 111 cm³/mol. The highest BCUT2D eigenvalue weighted by molar-refractivity contribution is 7.92. The maximum absolute atomic E-state index is 12.6. The van der Waals surface area contributed by atoms with Crippen LogP contribution in [0.15, 0.2) is 58.5 Å². The van der Waals surface area contributed by atoms with E-state index >= 15 is 0 Å². The van der Waals surface area contributed by atoms with E-state index in [9.17, 15) is 13.2 Å². The van der Waals surface area contributed by atoms with E-state index in [1.165, 1.54) is 30.7 Å². The average Bonchev–Trinajstić information content (AvgIpc) is 2.67. The van der Waals surface area contributed by atoms with Crippen molar-refractivity contribution in [2.75, 3.05) is 4.72 Å². The highest BCUT2D eigenvalue weighted by Crippen LogP contribution is 2.22. The van der Waals surface area contributed by atoms with E-state index in [-0.39, 0.29) is 10.5 Å². The molecule has 2 aromatic rings. The summed E-state index contributed by atoms with van der Waals surface area (Å²) < 4.78 is 27.7. The molecule has 6 nitrogen and oxygen atoms in total. The van der Waals surface area contributed by atoms with Crippen molar-refractivity contribution in [3.63, 3.8) is 0 Å². The van der Waals surface area contributed by atoms with Crippen molar-refractivity contribution >= 4 is 38.9 Å². The number of carbonyl (C=O) groups is 1. The van der Waals surface area contributed by atoms with E-state index in [0.29, 0.717) is 16.6 Å². The van der Waals surface area contributed by atoms with Crippen molar-refractivity contribution in [3.05, 3.63) is 59.1 Å². The summed E-state index contributed by atoms with van der Waals surface area (Å²) in [5, 5.41) is 4.67. The van der Waals surface area contributed by atoms with Crippen LogP contribution in [0.5, 0.6) is 0 Å². The number of sulfonamides is 1. The molecule has 1 fully saturated rings. The lowest BCUT2D eigenvalue weighted by Gasteiger charge is -2.19. The zero-order valence-electron chi connectivity index (χ0n) is 15.5. The van der Waals surface area contributed by atoms with Crippen LogP contribution >= 0.6 is 11.6 Å². The smallest absolute Gasteiger partial charge is 0.271 e. The Morgan fingerprint density at radius 3 is 2.68 bits per heavy atom. The molecule has 0 spiro atoms. The number of nitrogens with zero attached hydrogens (tertiary/aromatic N) is 1. The molecule has 1 atom stereocenters. The summed E-state index contributed by atoms with van der Waals surface area (Å²) in [4.78, 5) is 12.4. The Bertz CT molecular complexity index is 1010. The van der Waals surface area contributed by atoms with Crippen LogP contribution in [-0.2, 0) is 10.0 Å². The fourth-order valence-corrected chi connectivity index (χ4v) is 4.38. The zero-order chi connectivity index (χ0) is 20.1. The van der Waals surface area contributed by atoms with E-state index in [1.807, 2.05) is 0 Å². The van der Waals surface area contributed by atoms with Crippen molar-refractivity contribution in [2.45, 2.75) is 37.5 Å². The van der Waals surface area contributed by atoms with Gasteiger partial charge in [-0.05, 0) is 61.6 Å². The molecule has 0 bridgehead atoms. The van der Waals surface area contributed by atoms with E-state index in [4.69, 9.17) is 11.6 Å². The Balaban J connectivity index is 1.75. The van der Waals surface area contributed by atoms with Crippen LogP contribution in [0, 0.1) is 5.92 Å². The summed E-state index contributed by atoms with van der Waals surface area (Å²) in [7, 11) is -3.85. The number of nitrogens with one attached hydrogen (secondary N) is 2. The lowest BCUT2D eigenvalue weighted by molar-refractivity contribution is 0.0954. The van der Waals surface area contributed by atoms with E-state index in [1.54, 1.807) is 24.3 Å². The molecular formula is C20H22ClN3O3S. The predicted octanol–water partition coefficient (Wildman–Crippen LogP) is 4.44. The zero-order valence-corrected chi connectivity index (χ0v) is 17.1. The van der Waals surface area contributed by atoms with Gasteiger partial charge in [0, 0.05) is 16.3 Å². The van der Waals surface area contributed by atoms with Crippen LogP contribution in [0.4, 0.5) is 5.69 Å². The molecule has 0 saturated heterocycles. The third kappa shape index (κ3) is 5.11. The first-order valence-corrected chi connectivity index (χ1v) is 11.0. The van der Waals surface area contributed by atoms with Gasteiger partial charge in [-0.15, -0.1) is 0 Å². The van der Waals surface area contributed by atoms with E-state index in [2.05, 4.69) is 22.2 Å². The number of amides is 1. The van der Waals surface area contributed by atoms with Crippen LogP contribution < -0.4 is 10.1 Å². The molecule has 1 aliphatic carbocycles. The largest absolute Gasteiger partial charge is 0.280 e. The standard InChI is InChI=1S/C20H22ClN3O3S/c1-14-6-2-3-11-19(14)22-23-20(25)15-7-4-10-18(12-15)28(26,27)24-17-9-5-8-16(21)13-17/h4-5,7-10,12-14,24H,2-3,6,11H2,1H3,(H,23,25)/b22-19-/t14-/m1/s1. The van der Waals surface area contributed by atoms with Gasteiger partial charge in [-0.25, -0.2) is 13.8 Å².